The molecule has 0 saturated carbocycles. The lowest BCUT2D eigenvalue weighted by Crippen LogP contribution is -2.25. The fourth-order valence-electron chi connectivity index (χ4n) is 1.83. The Labute approximate surface area is 122 Å². The van der Waals surface area contributed by atoms with Gasteiger partial charge in [-0.15, -0.1) is 0 Å². The molecule has 1 heterocycles. The highest BCUT2D eigenvalue weighted by Gasteiger charge is 2.11. The van der Waals surface area contributed by atoms with Crippen molar-refractivity contribution in [3.63, 3.8) is 0 Å². The summed E-state index contributed by atoms with van der Waals surface area (Å²) in [6.07, 6.45) is 1.48. The fraction of sp³-hybridized carbons (Fsp3) is 0.133. The zero-order chi connectivity index (χ0) is 15.2. The molecule has 0 bridgehead atoms. The lowest BCUT2D eigenvalue weighted by atomic mass is 10.1. The molecule has 2 aromatic rings. The first-order chi connectivity index (χ1) is 10.1. The van der Waals surface area contributed by atoms with E-state index < -0.39 is 0 Å². The van der Waals surface area contributed by atoms with Gasteiger partial charge in [0.1, 0.15) is 0 Å². The maximum atomic E-state index is 12.1. The molecule has 2 rings (SSSR count). The number of pyridine rings is 1. The highest BCUT2D eigenvalue weighted by Crippen LogP contribution is 2.14. The van der Waals surface area contributed by atoms with E-state index in [0.29, 0.717) is 23.4 Å². The molecule has 1 aromatic carbocycles. The molecule has 0 aliphatic carbocycles. The number of aryl methyl sites for hydroxylation is 1. The third-order valence-corrected chi connectivity index (χ3v) is 2.98. The number of carbonyl (C=O) groups is 1. The molecular formula is C15H15N5O. The monoisotopic (exact) mass is 281 g/mol. The first-order valence-corrected chi connectivity index (χ1v) is 6.34. The van der Waals surface area contributed by atoms with Gasteiger partial charge < -0.3 is 10.7 Å². The van der Waals surface area contributed by atoms with E-state index in [1.165, 1.54) is 6.20 Å². The van der Waals surface area contributed by atoms with Crippen LogP contribution in [0, 0.1) is 18.3 Å². The largest absolute Gasteiger partial charge is 0.348 e. The second-order valence-electron chi connectivity index (χ2n) is 4.51. The number of nitrogens with zero attached hydrogens (tertiary/aromatic N) is 2. The minimum atomic E-state index is -0.264. The third kappa shape index (κ3) is 3.55. The molecule has 0 aliphatic heterocycles. The smallest absolute Gasteiger partial charge is 0.255 e. The zero-order valence-electron chi connectivity index (χ0n) is 11.6. The van der Waals surface area contributed by atoms with Crippen molar-refractivity contribution in [2.24, 2.45) is 5.84 Å². The summed E-state index contributed by atoms with van der Waals surface area (Å²) >= 11 is 0. The standard InChI is InChI=1S/C15H15N5O/c1-10-6-14(20-17)13(9-18-10)15(21)19-8-12-4-2-11(7-16)3-5-12/h2-6,9H,8,17H2,1H3,(H,18,20)(H,19,21). The summed E-state index contributed by atoms with van der Waals surface area (Å²) in [5.74, 6) is 5.14. The number of nitrogen functional groups attached to an aromatic ring is 1. The van der Waals surface area contributed by atoms with Crippen molar-refractivity contribution in [2.75, 3.05) is 5.43 Å². The van der Waals surface area contributed by atoms with Crippen molar-refractivity contribution in [3.05, 3.63) is 58.9 Å². The minimum Gasteiger partial charge on any atom is -0.348 e. The van der Waals surface area contributed by atoms with Crippen LogP contribution in [0.15, 0.2) is 36.5 Å². The van der Waals surface area contributed by atoms with Crippen LogP contribution in [-0.2, 0) is 6.54 Å². The number of hydrogen-bond acceptors (Lipinski definition) is 5. The fourth-order valence-corrected chi connectivity index (χ4v) is 1.83. The van der Waals surface area contributed by atoms with Gasteiger partial charge >= 0.3 is 0 Å². The number of rotatable bonds is 4. The van der Waals surface area contributed by atoms with E-state index in [2.05, 4.69) is 15.7 Å². The van der Waals surface area contributed by atoms with Crippen LogP contribution in [0.25, 0.3) is 0 Å². The van der Waals surface area contributed by atoms with Crippen LogP contribution in [0.3, 0.4) is 0 Å². The van der Waals surface area contributed by atoms with Crippen LogP contribution >= 0.6 is 0 Å². The molecule has 21 heavy (non-hydrogen) atoms. The number of hydrazine groups is 1. The number of aromatic nitrogens is 1. The molecule has 6 heteroatoms. The Morgan fingerprint density at radius 3 is 2.71 bits per heavy atom. The van der Waals surface area contributed by atoms with Gasteiger partial charge in [-0.3, -0.25) is 15.6 Å². The summed E-state index contributed by atoms with van der Waals surface area (Å²) in [4.78, 5) is 16.2. The Hall–Kier alpha value is -2.91. The van der Waals surface area contributed by atoms with Gasteiger partial charge in [0.15, 0.2) is 0 Å². The van der Waals surface area contributed by atoms with Crippen LogP contribution < -0.4 is 16.6 Å². The predicted molar refractivity (Wildman–Crippen MR) is 79.1 cm³/mol. The van der Waals surface area contributed by atoms with E-state index in [4.69, 9.17) is 11.1 Å². The summed E-state index contributed by atoms with van der Waals surface area (Å²) in [6, 6.07) is 10.8. The van der Waals surface area contributed by atoms with Crippen molar-refractivity contribution >= 4 is 11.6 Å². The van der Waals surface area contributed by atoms with Crippen LogP contribution in [0.4, 0.5) is 5.69 Å². The van der Waals surface area contributed by atoms with E-state index in [0.717, 1.165) is 11.3 Å². The number of amides is 1. The SMILES string of the molecule is Cc1cc(NN)c(C(=O)NCc2ccc(C#N)cc2)cn1. The summed E-state index contributed by atoms with van der Waals surface area (Å²) in [5, 5.41) is 11.5. The van der Waals surface area contributed by atoms with Crippen molar-refractivity contribution < 1.29 is 4.79 Å². The van der Waals surface area contributed by atoms with E-state index in [1.54, 1.807) is 30.3 Å². The molecule has 1 amide bonds. The van der Waals surface area contributed by atoms with Crippen LogP contribution in [0.5, 0.6) is 0 Å². The predicted octanol–water partition coefficient (Wildman–Crippen LogP) is 1.48. The molecule has 0 atom stereocenters. The highest BCUT2D eigenvalue weighted by atomic mass is 16.1. The number of nitrogens with one attached hydrogen (secondary N) is 2. The molecule has 0 radical (unpaired) electrons. The summed E-state index contributed by atoms with van der Waals surface area (Å²) in [7, 11) is 0. The Morgan fingerprint density at radius 1 is 1.38 bits per heavy atom. The number of hydrogen-bond donors (Lipinski definition) is 3. The maximum Gasteiger partial charge on any atom is 0.255 e. The van der Waals surface area contributed by atoms with Gasteiger partial charge in [-0.1, -0.05) is 12.1 Å². The maximum absolute atomic E-state index is 12.1. The Morgan fingerprint density at radius 2 is 2.10 bits per heavy atom. The molecule has 1 aromatic heterocycles. The summed E-state index contributed by atoms with van der Waals surface area (Å²) in [5.41, 5.74) is 5.67. The molecule has 0 saturated heterocycles. The van der Waals surface area contributed by atoms with Gasteiger partial charge in [-0.05, 0) is 30.7 Å². The number of nitrogens with two attached hydrogens (primary N) is 1. The molecular weight excluding hydrogens is 266 g/mol. The highest BCUT2D eigenvalue weighted by molar-refractivity contribution is 5.99. The molecule has 0 fully saturated rings. The number of benzene rings is 1. The third-order valence-electron chi connectivity index (χ3n) is 2.98. The summed E-state index contributed by atoms with van der Waals surface area (Å²) in [6.45, 7) is 2.18. The topological polar surface area (TPSA) is 104 Å². The van der Waals surface area contributed by atoms with Crippen molar-refractivity contribution in [3.8, 4) is 6.07 Å². The van der Waals surface area contributed by atoms with Crippen molar-refractivity contribution in [2.45, 2.75) is 13.5 Å². The normalized spacial score (nSPS) is 9.76. The first kappa shape index (κ1) is 14.5. The molecule has 0 aliphatic rings. The second-order valence-corrected chi connectivity index (χ2v) is 4.51. The Kier molecular flexibility index (Phi) is 4.49. The van der Waals surface area contributed by atoms with Crippen LogP contribution in [0.2, 0.25) is 0 Å². The number of carbonyl (C=O) groups excluding carboxylic acids is 1. The molecule has 6 nitrogen and oxygen atoms in total. The van der Waals surface area contributed by atoms with Crippen molar-refractivity contribution in [1.29, 1.82) is 5.26 Å². The van der Waals surface area contributed by atoms with E-state index >= 15 is 0 Å². The zero-order valence-corrected chi connectivity index (χ0v) is 11.6. The van der Waals surface area contributed by atoms with Gasteiger partial charge in [0.25, 0.3) is 5.91 Å². The number of nitriles is 1. The van der Waals surface area contributed by atoms with Gasteiger partial charge in [0.05, 0.1) is 22.9 Å². The lowest BCUT2D eigenvalue weighted by Gasteiger charge is -2.10. The van der Waals surface area contributed by atoms with E-state index in [-0.39, 0.29) is 5.91 Å². The van der Waals surface area contributed by atoms with Crippen molar-refractivity contribution in [1.82, 2.24) is 10.3 Å². The average Bonchev–Trinajstić information content (AvgIpc) is 2.52. The quantitative estimate of drug-likeness (QED) is 0.581. The summed E-state index contributed by atoms with van der Waals surface area (Å²) < 4.78 is 0. The molecule has 0 unspecified atom stereocenters. The van der Waals surface area contributed by atoms with Gasteiger partial charge in [0, 0.05) is 18.4 Å². The lowest BCUT2D eigenvalue weighted by molar-refractivity contribution is 0.0951. The Balaban J connectivity index is 2.06. The van der Waals surface area contributed by atoms with E-state index in [9.17, 15) is 4.79 Å². The van der Waals surface area contributed by atoms with Gasteiger partial charge in [-0.25, -0.2) is 0 Å². The second kappa shape index (κ2) is 6.50. The van der Waals surface area contributed by atoms with Crippen LogP contribution in [0.1, 0.15) is 27.2 Å². The molecule has 106 valence electrons. The average molecular weight is 281 g/mol. The Bertz CT molecular complexity index is 688. The molecule has 4 N–H and O–H groups in total. The van der Waals surface area contributed by atoms with Gasteiger partial charge in [-0.2, -0.15) is 5.26 Å². The van der Waals surface area contributed by atoms with Crippen LogP contribution in [-0.4, -0.2) is 10.9 Å². The minimum absolute atomic E-state index is 0.264. The van der Waals surface area contributed by atoms with E-state index in [1.807, 2.05) is 13.0 Å². The van der Waals surface area contributed by atoms with Gasteiger partial charge in [0.2, 0.25) is 0 Å². The molecule has 0 spiro atoms. The number of anilines is 1. The first-order valence-electron chi connectivity index (χ1n) is 6.34.